The second kappa shape index (κ2) is 6.66. The fourth-order valence-electron chi connectivity index (χ4n) is 2.44. The van der Waals surface area contributed by atoms with E-state index in [1.54, 1.807) is 30.3 Å². The molecule has 5 heteroatoms. The predicted molar refractivity (Wildman–Crippen MR) is 94.6 cm³/mol. The number of amides is 1. The Morgan fingerprint density at radius 1 is 1.17 bits per heavy atom. The standard InChI is InChI=1S/C19H19N3O2/c1-3-13(2)21-18(23)14-8-10-15(11-9-14)22-12-20-17-7-5-4-6-16(17)19(22)24/h4-13H,3H2,1-2H3,(H,21,23). The van der Waals surface area contributed by atoms with Gasteiger partial charge in [-0.15, -0.1) is 0 Å². The number of fused-ring (bicyclic) bond motifs is 1. The largest absolute Gasteiger partial charge is 0.350 e. The first-order chi connectivity index (χ1) is 11.6. The highest BCUT2D eigenvalue weighted by molar-refractivity contribution is 5.94. The fourth-order valence-corrected chi connectivity index (χ4v) is 2.44. The van der Waals surface area contributed by atoms with Gasteiger partial charge in [-0.3, -0.25) is 14.2 Å². The van der Waals surface area contributed by atoms with E-state index in [1.165, 1.54) is 10.9 Å². The van der Waals surface area contributed by atoms with Gasteiger partial charge in [0.2, 0.25) is 0 Å². The summed E-state index contributed by atoms with van der Waals surface area (Å²) in [6.07, 6.45) is 2.39. The molecule has 1 N–H and O–H groups in total. The lowest BCUT2D eigenvalue weighted by atomic mass is 10.1. The third-order valence-corrected chi connectivity index (χ3v) is 4.06. The van der Waals surface area contributed by atoms with Gasteiger partial charge in [-0.05, 0) is 49.7 Å². The lowest BCUT2D eigenvalue weighted by Crippen LogP contribution is -2.31. The summed E-state index contributed by atoms with van der Waals surface area (Å²) < 4.78 is 1.48. The molecule has 0 aliphatic rings. The summed E-state index contributed by atoms with van der Waals surface area (Å²) in [4.78, 5) is 29.0. The molecule has 0 saturated carbocycles. The summed E-state index contributed by atoms with van der Waals surface area (Å²) in [7, 11) is 0. The first kappa shape index (κ1) is 15.9. The Balaban J connectivity index is 1.93. The lowest BCUT2D eigenvalue weighted by molar-refractivity contribution is 0.0939. The van der Waals surface area contributed by atoms with E-state index in [0.29, 0.717) is 22.2 Å². The average molecular weight is 321 g/mol. The molecule has 24 heavy (non-hydrogen) atoms. The van der Waals surface area contributed by atoms with Crippen molar-refractivity contribution < 1.29 is 4.79 Å². The molecular formula is C19H19N3O2. The number of nitrogens with one attached hydrogen (secondary N) is 1. The van der Waals surface area contributed by atoms with Crippen LogP contribution in [0.15, 0.2) is 59.7 Å². The van der Waals surface area contributed by atoms with Crippen molar-refractivity contribution in [3.8, 4) is 5.69 Å². The number of nitrogens with zero attached hydrogens (tertiary/aromatic N) is 2. The van der Waals surface area contributed by atoms with Gasteiger partial charge in [0.25, 0.3) is 11.5 Å². The summed E-state index contributed by atoms with van der Waals surface area (Å²) in [5, 5.41) is 3.49. The fraction of sp³-hybridized carbons (Fsp3) is 0.211. The Bertz CT molecular complexity index is 929. The molecule has 0 aliphatic heterocycles. The van der Waals surface area contributed by atoms with E-state index in [2.05, 4.69) is 10.3 Å². The molecule has 0 radical (unpaired) electrons. The molecule has 3 rings (SSSR count). The third kappa shape index (κ3) is 3.06. The topological polar surface area (TPSA) is 64.0 Å². The minimum atomic E-state index is -0.127. The zero-order chi connectivity index (χ0) is 17.1. The molecule has 5 nitrogen and oxygen atoms in total. The van der Waals surface area contributed by atoms with Gasteiger partial charge in [0.05, 0.1) is 16.6 Å². The normalized spacial score (nSPS) is 12.1. The molecule has 1 unspecified atom stereocenters. The van der Waals surface area contributed by atoms with Gasteiger partial charge in [-0.2, -0.15) is 0 Å². The maximum Gasteiger partial charge on any atom is 0.265 e. The highest BCUT2D eigenvalue weighted by atomic mass is 16.1. The summed E-state index contributed by atoms with van der Waals surface area (Å²) in [6, 6.07) is 14.3. The van der Waals surface area contributed by atoms with Crippen molar-refractivity contribution >= 4 is 16.8 Å². The van der Waals surface area contributed by atoms with Crippen LogP contribution < -0.4 is 10.9 Å². The van der Waals surface area contributed by atoms with E-state index < -0.39 is 0 Å². The molecule has 2 aromatic carbocycles. The van der Waals surface area contributed by atoms with Crippen LogP contribution in [0.4, 0.5) is 0 Å². The molecule has 0 fully saturated rings. The van der Waals surface area contributed by atoms with E-state index in [-0.39, 0.29) is 17.5 Å². The molecule has 122 valence electrons. The molecule has 1 aromatic heterocycles. The van der Waals surface area contributed by atoms with Gasteiger partial charge in [0.1, 0.15) is 6.33 Å². The van der Waals surface area contributed by atoms with Gasteiger partial charge < -0.3 is 5.32 Å². The number of rotatable bonds is 4. The summed E-state index contributed by atoms with van der Waals surface area (Å²) >= 11 is 0. The molecule has 0 spiro atoms. The van der Waals surface area contributed by atoms with E-state index in [4.69, 9.17) is 0 Å². The summed E-state index contributed by atoms with van der Waals surface area (Å²) in [6.45, 7) is 3.99. The van der Waals surface area contributed by atoms with E-state index >= 15 is 0 Å². The first-order valence-corrected chi connectivity index (χ1v) is 7.98. The molecule has 1 heterocycles. The molecule has 1 atom stereocenters. The van der Waals surface area contributed by atoms with Crippen LogP contribution in [0.25, 0.3) is 16.6 Å². The Kier molecular flexibility index (Phi) is 4.42. The maximum absolute atomic E-state index is 12.6. The number of para-hydroxylation sites is 1. The zero-order valence-electron chi connectivity index (χ0n) is 13.7. The molecule has 3 aromatic rings. The highest BCUT2D eigenvalue weighted by Gasteiger charge is 2.10. The van der Waals surface area contributed by atoms with Crippen LogP contribution in [0.1, 0.15) is 30.6 Å². The molecule has 0 bridgehead atoms. The Morgan fingerprint density at radius 2 is 1.88 bits per heavy atom. The second-order valence-electron chi connectivity index (χ2n) is 5.77. The Hall–Kier alpha value is -2.95. The van der Waals surface area contributed by atoms with Gasteiger partial charge in [0.15, 0.2) is 0 Å². The number of carbonyl (C=O) groups is 1. The van der Waals surface area contributed by atoms with Crippen molar-refractivity contribution in [3.05, 3.63) is 70.8 Å². The summed E-state index contributed by atoms with van der Waals surface area (Å²) in [5.74, 6) is -0.111. The van der Waals surface area contributed by atoms with Crippen LogP contribution in [0, 0.1) is 0 Å². The van der Waals surface area contributed by atoms with Crippen molar-refractivity contribution in [1.29, 1.82) is 0 Å². The van der Waals surface area contributed by atoms with Crippen LogP contribution in [-0.2, 0) is 0 Å². The molecule has 0 saturated heterocycles. The third-order valence-electron chi connectivity index (χ3n) is 4.06. The maximum atomic E-state index is 12.6. The van der Waals surface area contributed by atoms with Gasteiger partial charge in [-0.25, -0.2) is 4.98 Å². The first-order valence-electron chi connectivity index (χ1n) is 7.98. The lowest BCUT2D eigenvalue weighted by Gasteiger charge is -2.12. The van der Waals surface area contributed by atoms with Crippen LogP contribution in [0.3, 0.4) is 0 Å². The predicted octanol–water partition coefficient (Wildman–Crippen LogP) is 2.91. The average Bonchev–Trinajstić information content (AvgIpc) is 2.62. The van der Waals surface area contributed by atoms with Crippen molar-refractivity contribution in [2.75, 3.05) is 0 Å². The highest BCUT2D eigenvalue weighted by Crippen LogP contribution is 2.11. The molecule has 0 aliphatic carbocycles. The monoisotopic (exact) mass is 321 g/mol. The van der Waals surface area contributed by atoms with Crippen LogP contribution >= 0.6 is 0 Å². The van der Waals surface area contributed by atoms with Crippen molar-refractivity contribution in [3.63, 3.8) is 0 Å². The van der Waals surface area contributed by atoms with Gasteiger partial charge in [-0.1, -0.05) is 19.1 Å². The zero-order valence-corrected chi connectivity index (χ0v) is 13.7. The SMILES string of the molecule is CCC(C)NC(=O)c1ccc(-n2cnc3ccccc3c2=O)cc1. The quantitative estimate of drug-likeness (QED) is 0.803. The number of hydrogen-bond acceptors (Lipinski definition) is 3. The minimum Gasteiger partial charge on any atom is -0.350 e. The molecule has 1 amide bonds. The minimum absolute atomic E-state index is 0.111. The van der Waals surface area contributed by atoms with Crippen molar-refractivity contribution in [2.45, 2.75) is 26.3 Å². The van der Waals surface area contributed by atoms with E-state index in [9.17, 15) is 9.59 Å². The molecular weight excluding hydrogens is 302 g/mol. The van der Waals surface area contributed by atoms with Gasteiger partial charge >= 0.3 is 0 Å². The summed E-state index contributed by atoms with van der Waals surface area (Å²) in [5.41, 5.74) is 1.79. The Labute approximate surface area is 140 Å². The van der Waals surface area contributed by atoms with Crippen molar-refractivity contribution in [1.82, 2.24) is 14.9 Å². The van der Waals surface area contributed by atoms with Gasteiger partial charge in [0, 0.05) is 11.6 Å². The van der Waals surface area contributed by atoms with Crippen LogP contribution in [-0.4, -0.2) is 21.5 Å². The second-order valence-corrected chi connectivity index (χ2v) is 5.77. The van der Waals surface area contributed by atoms with Crippen LogP contribution in [0.2, 0.25) is 0 Å². The van der Waals surface area contributed by atoms with E-state index in [1.807, 2.05) is 32.0 Å². The Morgan fingerprint density at radius 3 is 2.58 bits per heavy atom. The van der Waals surface area contributed by atoms with Crippen molar-refractivity contribution in [2.24, 2.45) is 0 Å². The number of aromatic nitrogens is 2. The van der Waals surface area contributed by atoms with Crippen LogP contribution in [0.5, 0.6) is 0 Å². The smallest absolute Gasteiger partial charge is 0.265 e. The number of carbonyl (C=O) groups excluding carboxylic acids is 1. The number of hydrogen-bond donors (Lipinski definition) is 1. The number of benzene rings is 2. The van der Waals surface area contributed by atoms with E-state index in [0.717, 1.165) is 6.42 Å².